The van der Waals surface area contributed by atoms with Crippen LogP contribution in [0.3, 0.4) is 0 Å². The Balaban J connectivity index is 1.57. The van der Waals surface area contributed by atoms with E-state index >= 15 is 0 Å². The topological polar surface area (TPSA) is 64.6 Å². The largest absolute Gasteiger partial charge is 0.486 e. The number of hydrogen-bond acceptors (Lipinski definition) is 5. The van der Waals surface area contributed by atoms with Crippen molar-refractivity contribution >= 4 is 52.3 Å². The zero-order chi connectivity index (χ0) is 25.6. The Morgan fingerprint density at radius 3 is 2.25 bits per heavy atom. The molecule has 1 aliphatic carbocycles. The Labute approximate surface area is 223 Å². The third-order valence-electron chi connectivity index (χ3n) is 6.30. The monoisotopic (exact) mass is 539 g/mol. The number of methoxy groups -OCH3 is 1. The van der Waals surface area contributed by atoms with Gasteiger partial charge >= 0.3 is 5.97 Å². The number of nitrogens with one attached hydrogen (secondary N) is 1. The number of rotatable bonds is 5. The number of carbonyl (C=O) groups excluding carboxylic acids is 2. The van der Waals surface area contributed by atoms with Crippen LogP contribution in [0, 0.1) is 0 Å². The van der Waals surface area contributed by atoms with E-state index in [9.17, 15) is 9.59 Å². The zero-order valence-electron chi connectivity index (χ0n) is 19.3. The van der Waals surface area contributed by atoms with Gasteiger partial charge in [0.15, 0.2) is 11.5 Å². The molecule has 8 heteroatoms. The second-order valence-electron chi connectivity index (χ2n) is 8.48. The summed E-state index contributed by atoms with van der Waals surface area (Å²) in [7, 11) is 1.31. The van der Waals surface area contributed by atoms with Crippen LogP contribution in [0.1, 0.15) is 39.9 Å². The van der Waals surface area contributed by atoms with Crippen molar-refractivity contribution in [2.45, 2.75) is 19.4 Å². The molecule has 0 bridgehead atoms. The fraction of sp³-hybridized carbons (Fsp3) is 0.143. The van der Waals surface area contributed by atoms with Crippen LogP contribution in [0.5, 0.6) is 5.75 Å². The maximum Gasteiger partial charge on any atom is 0.336 e. The Hall–Kier alpha value is -3.25. The summed E-state index contributed by atoms with van der Waals surface area (Å²) >= 11 is 19.2. The Morgan fingerprint density at radius 2 is 1.61 bits per heavy atom. The van der Waals surface area contributed by atoms with E-state index in [0.29, 0.717) is 44.4 Å². The standard InChI is InChI=1S/C28H20Cl3NO4/c1-14-22(28(34)35-2)23(24-25(32-14)18-5-3-4-6-19(18)26(24)33)16-11-20(30)27(21(31)12-16)36-13-15-7-9-17(29)10-8-15/h3-12,23,32H,13H2,1-2H3/t23-/m0/s1. The highest BCUT2D eigenvalue weighted by atomic mass is 35.5. The molecule has 3 aromatic carbocycles. The van der Waals surface area contributed by atoms with Gasteiger partial charge in [0.2, 0.25) is 0 Å². The van der Waals surface area contributed by atoms with Crippen LogP contribution in [0.2, 0.25) is 15.1 Å². The van der Waals surface area contributed by atoms with Crippen molar-refractivity contribution in [3.8, 4) is 5.75 Å². The van der Waals surface area contributed by atoms with Gasteiger partial charge in [-0.25, -0.2) is 4.79 Å². The van der Waals surface area contributed by atoms with E-state index in [4.69, 9.17) is 44.3 Å². The lowest BCUT2D eigenvalue weighted by molar-refractivity contribution is -0.136. The van der Waals surface area contributed by atoms with Gasteiger partial charge in [-0.2, -0.15) is 0 Å². The Bertz CT molecular complexity index is 1450. The smallest absolute Gasteiger partial charge is 0.336 e. The average molecular weight is 541 g/mol. The first-order chi connectivity index (χ1) is 17.3. The molecule has 5 nitrogen and oxygen atoms in total. The van der Waals surface area contributed by atoms with Gasteiger partial charge in [-0.05, 0) is 42.3 Å². The number of hydrogen-bond donors (Lipinski definition) is 1. The minimum atomic E-state index is -0.728. The summed E-state index contributed by atoms with van der Waals surface area (Å²) in [6, 6.07) is 17.9. The van der Waals surface area contributed by atoms with Crippen molar-refractivity contribution in [2.24, 2.45) is 0 Å². The molecule has 0 spiro atoms. The van der Waals surface area contributed by atoms with Gasteiger partial charge in [0.25, 0.3) is 0 Å². The first kappa shape index (κ1) is 24.4. The van der Waals surface area contributed by atoms with E-state index < -0.39 is 11.9 Å². The van der Waals surface area contributed by atoms with Gasteiger partial charge in [0.05, 0.1) is 28.4 Å². The number of halogens is 3. The number of dihydropyridines is 1. The molecule has 0 unspecified atom stereocenters. The van der Waals surface area contributed by atoms with Crippen molar-refractivity contribution in [3.63, 3.8) is 0 Å². The number of carbonyl (C=O) groups is 2. The summed E-state index contributed by atoms with van der Waals surface area (Å²) in [6.07, 6.45) is 0. The van der Waals surface area contributed by atoms with Crippen LogP contribution in [-0.2, 0) is 16.1 Å². The summed E-state index contributed by atoms with van der Waals surface area (Å²) in [5.74, 6) is -1.13. The number of Topliss-reactive ketones (excluding diaryl/α,β-unsaturated/α-hetero) is 1. The molecule has 0 amide bonds. The van der Waals surface area contributed by atoms with E-state index in [0.717, 1.165) is 11.1 Å². The molecule has 2 aliphatic rings. The number of benzene rings is 3. The van der Waals surface area contributed by atoms with Crippen LogP contribution in [0.15, 0.2) is 77.5 Å². The number of ether oxygens (including phenoxy) is 2. The van der Waals surface area contributed by atoms with Crippen molar-refractivity contribution in [3.05, 3.63) is 115 Å². The highest BCUT2D eigenvalue weighted by Crippen LogP contribution is 2.48. The number of ketones is 1. The van der Waals surface area contributed by atoms with Crippen molar-refractivity contribution in [1.82, 2.24) is 5.32 Å². The molecular weight excluding hydrogens is 521 g/mol. The lowest BCUT2D eigenvalue weighted by Crippen LogP contribution is -2.29. The van der Waals surface area contributed by atoms with Gasteiger partial charge in [0.1, 0.15) is 6.61 Å². The molecule has 0 saturated heterocycles. The van der Waals surface area contributed by atoms with Gasteiger partial charge in [-0.3, -0.25) is 4.79 Å². The summed E-state index contributed by atoms with van der Waals surface area (Å²) in [5, 5.41) is 4.40. The summed E-state index contributed by atoms with van der Waals surface area (Å²) in [5.41, 5.74) is 4.85. The fourth-order valence-corrected chi connectivity index (χ4v) is 5.40. The van der Waals surface area contributed by atoms with E-state index in [1.54, 1.807) is 37.3 Å². The highest BCUT2D eigenvalue weighted by Gasteiger charge is 2.43. The van der Waals surface area contributed by atoms with Crippen molar-refractivity contribution < 1.29 is 19.1 Å². The van der Waals surface area contributed by atoms with Crippen molar-refractivity contribution in [1.29, 1.82) is 0 Å². The van der Waals surface area contributed by atoms with E-state index in [1.165, 1.54) is 7.11 Å². The molecule has 1 aliphatic heterocycles. The van der Waals surface area contributed by atoms with Crippen LogP contribution in [0.25, 0.3) is 5.70 Å². The maximum atomic E-state index is 13.5. The SMILES string of the molecule is COC(=O)C1=C(C)NC2=C(C(=O)c3ccccc32)[C@H]1c1cc(Cl)c(OCc2ccc(Cl)cc2)c(Cl)c1. The van der Waals surface area contributed by atoms with E-state index in [1.807, 2.05) is 30.3 Å². The van der Waals surface area contributed by atoms with E-state index in [2.05, 4.69) is 5.32 Å². The van der Waals surface area contributed by atoms with E-state index in [-0.39, 0.29) is 22.4 Å². The second-order valence-corrected chi connectivity index (χ2v) is 9.73. The summed E-state index contributed by atoms with van der Waals surface area (Å²) in [4.78, 5) is 26.4. The molecule has 1 heterocycles. The molecule has 36 heavy (non-hydrogen) atoms. The molecule has 1 N–H and O–H groups in total. The molecule has 182 valence electrons. The normalized spacial score (nSPS) is 16.5. The Morgan fingerprint density at radius 1 is 0.972 bits per heavy atom. The number of esters is 1. The molecule has 0 saturated carbocycles. The van der Waals surface area contributed by atoms with Crippen LogP contribution in [-0.4, -0.2) is 18.9 Å². The summed E-state index contributed by atoms with van der Waals surface area (Å²) in [6.45, 7) is 2.01. The lowest BCUT2D eigenvalue weighted by atomic mass is 9.80. The lowest BCUT2D eigenvalue weighted by Gasteiger charge is -2.29. The molecule has 0 radical (unpaired) electrons. The number of allylic oxidation sites excluding steroid dienone is 2. The quantitative estimate of drug-likeness (QED) is 0.354. The molecular formula is C28H20Cl3NO4. The van der Waals surface area contributed by atoms with Gasteiger partial charge in [-0.15, -0.1) is 0 Å². The molecule has 5 rings (SSSR count). The fourth-order valence-electron chi connectivity index (χ4n) is 4.66. The van der Waals surface area contributed by atoms with Gasteiger partial charge in [-0.1, -0.05) is 71.2 Å². The third kappa shape index (κ3) is 4.17. The first-order valence-corrected chi connectivity index (χ1v) is 12.2. The maximum absolute atomic E-state index is 13.5. The number of fused-ring (bicyclic) bond motifs is 2. The second kappa shape index (κ2) is 9.66. The predicted molar refractivity (Wildman–Crippen MR) is 141 cm³/mol. The van der Waals surface area contributed by atoms with Crippen LogP contribution < -0.4 is 10.1 Å². The Kier molecular flexibility index (Phi) is 6.56. The molecule has 3 aromatic rings. The van der Waals surface area contributed by atoms with Gasteiger partial charge in [0, 0.05) is 33.3 Å². The molecule has 0 fully saturated rings. The summed E-state index contributed by atoms with van der Waals surface area (Å²) < 4.78 is 11.0. The molecule has 1 atom stereocenters. The zero-order valence-corrected chi connectivity index (χ0v) is 21.6. The highest BCUT2D eigenvalue weighted by molar-refractivity contribution is 6.37. The third-order valence-corrected chi connectivity index (χ3v) is 7.12. The average Bonchev–Trinajstić information content (AvgIpc) is 3.14. The van der Waals surface area contributed by atoms with Crippen molar-refractivity contribution in [2.75, 3.05) is 7.11 Å². The molecule has 0 aromatic heterocycles. The van der Waals surface area contributed by atoms with Gasteiger partial charge < -0.3 is 14.8 Å². The minimum absolute atomic E-state index is 0.165. The minimum Gasteiger partial charge on any atom is -0.486 e. The van der Waals surface area contributed by atoms with Crippen LogP contribution >= 0.6 is 34.8 Å². The predicted octanol–water partition coefficient (Wildman–Crippen LogP) is 6.97. The first-order valence-electron chi connectivity index (χ1n) is 11.1. The van der Waals surface area contributed by atoms with Crippen LogP contribution in [0.4, 0.5) is 0 Å².